The molecule has 0 atom stereocenters. The van der Waals surface area contributed by atoms with Crippen LogP contribution in [0.15, 0.2) is 65.3 Å². The van der Waals surface area contributed by atoms with Crippen LogP contribution in [0.25, 0.3) is 6.08 Å². The zero-order valence-corrected chi connectivity index (χ0v) is 23.6. The molecule has 0 spiro atoms. The molecule has 0 aromatic heterocycles. The Morgan fingerprint density at radius 2 is 1.88 bits per heavy atom. The van der Waals surface area contributed by atoms with E-state index >= 15 is 0 Å². The summed E-state index contributed by atoms with van der Waals surface area (Å²) < 4.78 is 19.1. The molecule has 0 unspecified atom stereocenters. The van der Waals surface area contributed by atoms with Gasteiger partial charge in [-0.25, -0.2) is 9.79 Å². The molecular formula is C25H17Cl2I2NO4. The Bertz CT molecular complexity index is 1320. The molecule has 0 saturated carbocycles. The van der Waals surface area contributed by atoms with Gasteiger partial charge in [0.1, 0.15) is 6.61 Å². The maximum atomic E-state index is 12.5. The van der Waals surface area contributed by atoms with Crippen molar-refractivity contribution in [3.63, 3.8) is 0 Å². The fourth-order valence-corrected chi connectivity index (χ4v) is 4.88. The van der Waals surface area contributed by atoms with Crippen molar-refractivity contribution in [2.75, 3.05) is 6.61 Å². The molecule has 0 fully saturated rings. The Labute approximate surface area is 234 Å². The molecule has 9 heteroatoms. The van der Waals surface area contributed by atoms with Crippen molar-refractivity contribution < 1.29 is 19.0 Å². The Kier molecular flexibility index (Phi) is 8.39. The third kappa shape index (κ3) is 6.05. The van der Waals surface area contributed by atoms with E-state index in [1.54, 1.807) is 12.1 Å². The van der Waals surface area contributed by atoms with Gasteiger partial charge in [0.2, 0.25) is 5.90 Å². The fraction of sp³-hybridized carbons (Fsp3) is 0.120. The quantitative estimate of drug-likeness (QED) is 0.144. The minimum atomic E-state index is -0.542. The smallest absolute Gasteiger partial charge is 0.363 e. The molecule has 1 aliphatic rings. The summed E-state index contributed by atoms with van der Waals surface area (Å²) in [7, 11) is 0. The highest BCUT2D eigenvalue weighted by Crippen LogP contribution is 2.36. The molecule has 1 heterocycles. The molecule has 174 valence electrons. The van der Waals surface area contributed by atoms with Crippen molar-refractivity contribution in [2.24, 2.45) is 4.99 Å². The summed E-state index contributed by atoms with van der Waals surface area (Å²) in [5.74, 6) is 0.827. The molecule has 34 heavy (non-hydrogen) atoms. The van der Waals surface area contributed by atoms with Crippen LogP contribution in [0.1, 0.15) is 23.6 Å². The largest absolute Gasteiger partial charge is 0.490 e. The molecule has 0 saturated heterocycles. The van der Waals surface area contributed by atoms with Gasteiger partial charge >= 0.3 is 5.97 Å². The summed E-state index contributed by atoms with van der Waals surface area (Å²) >= 11 is 16.7. The number of benzene rings is 3. The first-order chi connectivity index (χ1) is 16.3. The number of ether oxygens (including phenoxy) is 3. The number of carbonyl (C=O) groups excluding carboxylic acids is 1. The van der Waals surface area contributed by atoms with E-state index in [-0.39, 0.29) is 11.6 Å². The van der Waals surface area contributed by atoms with Crippen molar-refractivity contribution in [3.8, 4) is 11.5 Å². The summed E-state index contributed by atoms with van der Waals surface area (Å²) in [5.41, 5.74) is 2.42. The van der Waals surface area contributed by atoms with Gasteiger partial charge in [-0.2, -0.15) is 0 Å². The SMILES string of the molecule is CCOc1cc(/C=C2\N=C(c3cc(I)ccc3Cl)OC2=O)cc(I)c1OCc1cccc(Cl)c1. The van der Waals surface area contributed by atoms with Crippen molar-refractivity contribution >= 4 is 86.3 Å². The van der Waals surface area contributed by atoms with Gasteiger partial charge in [0.25, 0.3) is 0 Å². The first-order valence-corrected chi connectivity index (χ1v) is 13.1. The van der Waals surface area contributed by atoms with E-state index < -0.39 is 5.97 Å². The van der Waals surface area contributed by atoms with Crippen LogP contribution in [0, 0.1) is 7.14 Å². The molecule has 0 bridgehead atoms. The van der Waals surface area contributed by atoms with Gasteiger partial charge in [-0.3, -0.25) is 0 Å². The lowest BCUT2D eigenvalue weighted by Crippen LogP contribution is -2.06. The van der Waals surface area contributed by atoms with E-state index in [1.165, 1.54) is 0 Å². The maximum Gasteiger partial charge on any atom is 0.363 e. The number of cyclic esters (lactones) is 1. The van der Waals surface area contributed by atoms with Crippen LogP contribution in [0.3, 0.4) is 0 Å². The van der Waals surface area contributed by atoms with Gasteiger partial charge in [0.15, 0.2) is 17.2 Å². The van der Waals surface area contributed by atoms with Gasteiger partial charge in [0, 0.05) is 8.59 Å². The summed E-state index contributed by atoms with van der Waals surface area (Å²) in [6, 6.07) is 16.6. The van der Waals surface area contributed by atoms with Crippen LogP contribution in [-0.4, -0.2) is 18.5 Å². The second-order valence-electron chi connectivity index (χ2n) is 7.14. The van der Waals surface area contributed by atoms with E-state index in [0.717, 1.165) is 18.3 Å². The van der Waals surface area contributed by atoms with Crippen molar-refractivity contribution in [1.82, 2.24) is 0 Å². The Balaban J connectivity index is 1.63. The average molecular weight is 720 g/mol. The number of hydrogen-bond donors (Lipinski definition) is 0. The molecule has 5 nitrogen and oxygen atoms in total. The fourth-order valence-electron chi connectivity index (χ4n) is 3.20. The van der Waals surface area contributed by atoms with Crippen molar-refractivity contribution in [1.29, 1.82) is 0 Å². The Morgan fingerprint density at radius 1 is 1.06 bits per heavy atom. The molecule has 3 aromatic rings. The minimum absolute atomic E-state index is 0.177. The summed E-state index contributed by atoms with van der Waals surface area (Å²) in [6.07, 6.45) is 1.66. The predicted molar refractivity (Wildman–Crippen MR) is 151 cm³/mol. The topological polar surface area (TPSA) is 57.1 Å². The number of hydrogen-bond acceptors (Lipinski definition) is 5. The van der Waals surface area contributed by atoms with Crippen LogP contribution < -0.4 is 9.47 Å². The standard InChI is InChI=1S/C25H17Cl2I2NO4/c1-2-32-22-11-15(9-20(29)23(22)33-13-14-4-3-5-16(26)8-14)10-21-25(31)34-24(30-21)18-12-17(28)6-7-19(18)27/h3-12H,2,13H2,1H3/b21-10-. The van der Waals surface area contributed by atoms with Gasteiger partial charge in [-0.1, -0.05) is 35.3 Å². The lowest BCUT2D eigenvalue weighted by atomic mass is 10.1. The van der Waals surface area contributed by atoms with Gasteiger partial charge < -0.3 is 14.2 Å². The maximum absolute atomic E-state index is 12.5. The second kappa shape index (κ2) is 11.3. The molecule has 3 aromatic carbocycles. The lowest BCUT2D eigenvalue weighted by Gasteiger charge is -2.15. The molecule has 0 N–H and O–H groups in total. The summed E-state index contributed by atoms with van der Waals surface area (Å²) in [5, 5.41) is 1.11. The van der Waals surface area contributed by atoms with Crippen LogP contribution in [0.2, 0.25) is 10.0 Å². The monoisotopic (exact) mass is 719 g/mol. The van der Waals surface area contributed by atoms with Crippen LogP contribution in [0.5, 0.6) is 11.5 Å². The summed E-state index contributed by atoms with van der Waals surface area (Å²) in [6.45, 7) is 2.70. The molecule has 1 aliphatic heterocycles. The minimum Gasteiger partial charge on any atom is -0.490 e. The third-order valence-electron chi connectivity index (χ3n) is 4.69. The molecule has 0 amide bonds. The number of carbonyl (C=O) groups is 1. The van der Waals surface area contributed by atoms with Gasteiger partial charge in [-0.15, -0.1) is 0 Å². The molecular weight excluding hydrogens is 703 g/mol. The zero-order chi connectivity index (χ0) is 24.2. The molecule has 0 radical (unpaired) electrons. The predicted octanol–water partition coefficient (Wildman–Crippen LogP) is 7.52. The molecule has 4 rings (SSSR count). The molecule has 0 aliphatic carbocycles. The number of esters is 1. The van der Waals surface area contributed by atoms with Crippen LogP contribution in [-0.2, 0) is 16.1 Å². The third-order valence-corrected chi connectivity index (χ3v) is 6.72. The van der Waals surface area contributed by atoms with Gasteiger partial charge in [0.05, 0.1) is 20.8 Å². The number of rotatable bonds is 7. The highest BCUT2D eigenvalue weighted by Gasteiger charge is 2.26. The van der Waals surface area contributed by atoms with Crippen LogP contribution >= 0.6 is 68.4 Å². The van der Waals surface area contributed by atoms with E-state index in [2.05, 4.69) is 50.2 Å². The van der Waals surface area contributed by atoms with E-state index in [4.69, 9.17) is 37.4 Å². The number of aliphatic imine (C=N–C) groups is 1. The van der Waals surface area contributed by atoms with E-state index in [0.29, 0.717) is 40.3 Å². The highest BCUT2D eigenvalue weighted by molar-refractivity contribution is 14.1. The first kappa shape index (κ1) is 25.3. The lowest BCUT2D eigenvalue weighted by molar-refractivity contribution is -0.129. The van der Waals surface area contributed by atoms with E-state index in [9.17, 15) is 4.79 Å². The van der Waals surface area contributed by atoms with E-state index in [1.807, 2.05) is 55.5 Å². The highest BCUT2D eigenvalue weighted by atomic mass is 127. The van der Waals surface area contributed by atoms with Crippen molar-refractivity contribution in [2.45, 2.75) is 13.5 Å². The number of halogens is 4. The average Bonchev–Trinajstić information content (AvgIpc) is 3.15. The Hall–Kier alpha value is -1.82. The zero-order valence-electron chi connectivity index (χ0n) is 17.8. The van der Waals surface area contributed by atoms with Crippen LogP contribution in [0.4, 0.5) is 0 Å². The first-order valence-electron chi connectivity index (χ1n) is 10.2. The second-order valence-corrected chi connectivity index (χ2v) is 10.4. The number of nitrogens with zero attached hydrogens (tertiary/aromatic N) is 1. The van der Waals surface area contributed by atoms with Crippen molar-refractivity contribution in [3.05, 3.63) is 94.2 Å². The van der Waals surface area contributed by atoms with Gasteiger partial charge in [-0.05, 0) is 112 Å². The normalized spacial score (nSPS) is 14.2. The summed E-state index contributed by atoms with van der Waals surface area (Å²) in [4.78, 5) is 16.9. The Morgan fingerprint density at radius 3 is 2.65 bits per heavy atom.